The molecular weight excluding hydrogens is 609 g/mol. The van der Waals surface area contributed by atoms with Crippen LogP contribution >= 0.6 is 24.0 Å². The van der Waals surface area contributed by atoms with Crippen LogP contribution in [0.1, 0.15) is 25.7 Å². The van der Waals surface area contributed by atoms with Crippen molar-refractivity contribution in [3.8, 4) is 17.0 Å². The van der Waals surface area contributed by atoms with E-state index in [2.05, 4.69) is 44.0 Å². The number of rotatable bonds is 8. The molecule has 2 N–H and O–H groups in total. The van der Waals surface area contributed by atoms with Crippen LogP contribution in [0.4, 0.5) is 20.4 Å². The molecule has 2 aromatic heterocycles. The van der Waals surface area contributed by atoms with Gasteiger partial charge in [0.1, 0.15) is 5.82 Å². The minimum absolute atomic E-state index is 0. The third-order valence-corrected chi connectivity index (χ3v) is 8.80. The molecule has 0 saturated heterocycles. The molecular formula is C28H30Cl2F2N6O3S. The Bertz CT molecular complexity index is 1700. The predicted molar refractivity (Wildman–Crippen MR) is 162 cm³/mol. The Morgan fingerprint density at radius 2 is 1.76 bits per heavy atom. The van der Waals surface area contributed by atoms with Gasteiger partial charge in [0, 0.05) is 29.9 Å². The predicted octanol–water partition coefficient (Wildman–Crippen LogP) is 6.14. The van der Waals surface area contributed by atoms with E-state index in [-0.39, 0.29) is 34.9 Å². The monoisotopic (exact) mass is 638 g/mol. The molecule has 1 saturated carbocycles. The molecule has 4 aromatic rings. The molecule has 0 bridgehead atoms. The highest BCUT2D eigenvalue weighted by molar-refractivity contribution is 7.92. The molecule has 0 spiro atoms. The average molecular weight is 640 g/mol. The van der Waals surface area contributed by atoms with Gasteiger partial charge in [-0.25, -0.2) is 32.2 Å². The van der Waals surface area contributed by atoms with Crippen LogP contribution in [0.3, 0.4) is 0 Å². The van der Waals surface area contributed by atoms with Crippen LogP contribution < -0.4 is 14.8 Å². The fourth-order valence-corrected chi connectivity index (χ4v) is 6.45. The van der Waals surface area contributed by atoms with Crippen LogP contribution in [0.15, 0.2) is 53.7 Å². The molecule has 0 amide bonds. The van der Waals surface area contributed by atoms with Gasteiger partial charge in [0.2, 0.25) is 11.8 Å². The van der Waals surface area contributed by atoms with Crippen LogP contribution in [0.25, 0.3) is 22.0 Å². The molecule has 5 rings (SSSR count). The van der Waals surface area contributed by atoms with Crippen molar-refractivity contribution >= 4 is 56.6 Å². The van der Waals surface area contributed by atoms with E-state index in [4.69, 9.17) is 16.3 Å². The summed E-state index contributed by atoms with van der Waals surface area (Å²) in [5.41, 5.74) is -0.0558. The molecule has 2 aromatic carbocycles. The summed E-state index contributed by atoms with van der Waals surface area (Å²) >= 11 is 5.91. The van der Waals surface area contributed by atoms with Crippen molar-refractivity contribution in [3.05, 3.63) is 65.4 Å². The summed E-state index contributed by atoms with van der Waals surface area (Å²) in [4.78, 5) is 14.7. The van der Waals surface area contributed by atoms with Gasteiger partial charge in [-0.3, -0.25) is 4.72 Å². The number of anilines is 2. The highest BCUT2D eigenvalue weighted by atomic mass is 35.5. The molecule has 224 valence electrons. The molecule has 1 fully saturated rings. The maximum Gasteiger partial charge on any atom is 0.267 e. The zero-order valence-electron chi connectivity index (χ0n) is 23.1. The Balaban J connectivity index is 0.00000405. The second-order valence-electron chi connectivity index (χ2n) is 10.1. The first-order chi connectivity index (χ1) is 19.6. The summed E-state index contributed by atoms with van der Waals surface area (Å²) in [6, 6.07) is 8.72. The van der Waals surface area contributed by atoms with E-state index in [0.717, 1.165) is 43.9 Å². The minimum Gasteiger partial charge on any atom is -0.480 e. The van der Waals surface area contributed by atoms with Gasteiger partial charge in [-0.05, 0) is 75.7 Å². The van der Waals surface area contributed by atoms with Gasteiger partial charge in [0.05, 0.1) is 28.9 Å². The van der Waals surface area contributed by atoms with Crippen molar-refractivity contribution in [1.29, 1.82) is 0 Å². The van der Waals surface area contributed by atoms with Crippen molar-refractivity contribution < 1.29 is 21.9 Å². The summed E-state index contributed by atoms with van der Waals surface area (Å²) in [5, 5.41) is 4.02. The molecule has 42 heavy (non-hydrogen) atoms. The zero-order chi connectivity index (χ0) is 29.3. The number of aromatic nitrogens is 3. The summed E-state index contributed by atoms with van der Waals surface area (Å²) in [7, 11) is 1.05. The quantitative estimate of drug-likeness (QED) is 0.237. The molecule has 0 unspecified atom stereocenters. The van der Waals surface area contributed by atoms with Crippen molar-refractivity contribution in [2.24, 2.45) is 0 Å². The summed E-state index contributed by atoms with van der Waals surface area (Å²) in [6.07, 6.45) is 7.04. The lowest BCUT2D eigenvalue weighted by molar-refractivity contribution is 0.221. The van der Waals surface area contributed by atoms with Crippen molar-refractivity contribution in [1.82, 2.24) is 19.9 Å². The van der Waals surface area contributed by atoms with E-state index in [1.165, 1.54) is 19.4 Å². The third-order valence-electron chi connectivity index (χ3n) is 7.23. The van der Waals surface area contributed by atoms with Gasteiger partial charge in [-0.1, -0.05) is 17.7 Å². The number of nitrogens with one attached hydrogen (secondary N) is 2. The molecule has 2 heterocycles. The minimum atomic E-state index is -4.39. The SMILES string of the molecule is COc1ncc(Cl)cc1S(=O)(=O)Nc1ccc(F)c(-c2ccc3nc(NC4CCC(N(C)C)CC4)ncc3c2)c1F.Cl. The highest BCUT2D eigenvalue weighted by Gasteiger charge is 2.26. The van der Waals surface area contributed by atoms with Crippen LogP contribution in [0, 0.1) is 11.6 Å². The molecule has 0 atom stereocenters. The molecule has 1 aliphatic carbocycles. The zero-order valence-corrected chi connectivity index (χ0v) is 25.5. The van der Waals surface area contributed by atoms with Gasteiger partial charge in [-0.15, -0.1) is 12.4 Å². The number of methoxy groups -OCH3 is 1. The van der Waals surface area contributed by atoms with Crippen LogP contribution in [0.2, 0.25) is 5.02 Å². The number of hydrogen-bond acceptors (Lipinski definition) is 8. The van der Waals surface area contributed by atoms with E-state index in [1.807, 2.05) is 0 Å². The van der Waals surface area contributed by atoms with Crippen molar-refractivity contribution in [3.63, 3.8) is 0 Å². The first kappa shape index (κ1) is 31.6. The van der Waals surface area contributed by atoms with Gasteiger partial charge in [0.25, 0.3) is 10.0 Å². The van der Waals surface area contributed by atoms with E-state index >= 15 is 4.39 Å². The first-order valence-corrected chi connectivity index (χ1v) is 14.8. The van der Waals surface area contributed by atoms with Crippen LogP contribution in [-0.4, -0.2) is 61.6 Å². The number of halogens is 4. The average Bonchev–Trinajstić information content (AvgIpc) is 2.95. The molecule has 0 aliphatic heterocycles. The number of benzene rings is 2. The maximum absolute atomic E-state index is 15.6. The fourth-order valence-electron chi connectivity index (χ4n) is 5.03. The third kappa shape index (κ3) is 6.67. The second kappa shape index (κ2) is 12.9. The smallest absolute Gasteiger partial charge is 0.267 e. The number of hydrogen-bond donors (Lipinski definition) is 2. The Labute approximate surface area is 254 Å². The first-order valence-electron chi connectivity index (χ1n) is 13.0. The summed E-state index contributed by atoms with van der Waals surface area (Å²) < 4.78 is 63.8. The van der Waals surface area contributed by atoms with E-state index < -0.39 is 37.8 Å². The maximum atomic E-state index is 15.6. The summed E-state index contributed by atoms with van der Waals surface area (Å²) in [5.74, 6) is -1.68. The highest BCUT2D eigenvalue weighted by Crippen LogP contribution is 2.34. The lowest BCUT2D eigenvalue weighted by Gasteiger charge is -2.32. The number of fused-ring (bicyclic) bond motifs is 1. The van der Waals surface area contributed by atoms with E-state index in [1.54, 1.807) is 18.3 Å². The number of pyridine rings is 1. The normalized spacial score (nSPS) is 17.1. The van der Waals surface area contributed by atoms with Crippen molar-refractivity contribution in [2.75, 3.05) is 31.2 Å². The Morgan fingerprint density at radius 3 is 2.45 bits per heavy atom. The number of sulfonamides is 1. The van der Waals surface area contributed by atoms with E-state index in [9.17, 15) is 12.8 Å². The fraction of sp³-hybridized carbons (Fsp3) is 0.321. The standard InChI is InChI=1S/C28H29ClF2N6O3S.ClH/c1-37(2)20-7-5-19(6-8-20)34-28-33-14-17-12-16(4-10-22(17)35-28)25-21(30)9-11-23(26(25)31)36-41(38,39)24-13-18(29)15-32-27(24)40-3;/h4,9-15,19-20,36H,5-8H2,1-3H3,(H,33,34,35);1H. The lowest BCUT2D eigenvalue weighted by Crippen LogP contribution is -2.36. The number of ether oxygens (including phenoxy) is 1. The Kier molecular flexibility index (Phi) is 9.71. The number of nitrogens with zero attached hydrogens (tertiary/aromatic N) is 4. The molecule has 9 nitrogen and oxygen atoms in total. The molecule has 1 aliphatic rings. The Morgan fingerprint density at radius 1 is 1.02 bits per heavy atom. The van der Waals surface area contributed by atoms with Crippen LogP contribution in [-0.2, 0) is 10.0 Å². The summed E-state index contributed by atoms with van der Waals surface area (Å²) in [6.45, 7) is 0. The van der Waals surface area contributed by atoms with Gasteiger partial charge >= 0.3 is 0 Å². The topological polar surface area (TPSA) is 109 Å². The lowest BCUT2D eigenvalue weighted by atomic mass is 9.91. The van der Waals surface area contributed by atoms with E-state index in [0.29, 0.717) is 22.9 Å². The molecule has 0 radical (unpaired) electrons. The van der Waals surface area contributed by atoms with Gasteiger partial charge < -0.3 is 15.0 Å². The van der Waals surface area contributed by atoms with Crippen molar-refractivity contribution in [2.45, 2.75) is 42.7 Å². The second-order valence-corrected chi connectivity index (χ2v) is 12.2. The van der Waals surface area contributed by atoms with Gasteiger partial charge in [-0.2, -0.15) is 0 Å². The Hall–Kier alpha value is -3.32. The molecule has 14 heteroatoms. The van der Waals surface area contributed by atoms with Gasteiger partial charge in [0.15, 0.2) is 10.7 Å². The van der Waals surface area contributed by atoms with Crippen LogP contribution in [0.5, 0.6) is 5.88 Å². The largest absolute Gasteiger partial charge is 0.480 e.